The number of ether oxygens (including phenoxy) is 2. The molecule has 0 radical (unpaired) electrons. The van der Waals surface area contributed by atoms with Crippen molar-refractivity contribution in [2.24, 2.45) is 0 Å². The molecule has 52 heavy (non-hydrogen) atoms. The van der Waals surface area contributed by atoms with E-state index in [9.17, 15) is 0 Å². The van der Waals surface area contributed by atoms with Crippen molar-refractivity contribution in [3.63, 3.8) is 0 Å². The van der Waals surface area contributed by atoms with Crippen molar-refractivity contribution >= 4 is 24.3 Å². The molecular formula is C42H40N4O6. The normalized spacial score (nSPS) is 10.5. The first-order valence-electron chi connectivity index (χ1n) is 15.8. The Morgan fingerprint density at radius 1 is 0.365 bits per heavy atom. The number of nitrogens with zero attached hydrogens (tertiary/aromatic N) is 4. The molecule has 4 heterocycles. The highest BCUT2D eigenvalue weighted by atomic mass is 16.5. The van der Waals surface area contributed by atoms with Gasteiger partial charge < -0.3 is 29.9 Å². The summed E-state index contributed by atoms with van der Waals surface area (Å²) >= 11 is 0. The molecule has 0 unspecified atom stereocenters. The molecule has 0 saturated heterocycles. The third kappa shape index (κ3) is 16.8. The molecule has 0 atom stereocenters. The first-order valence-corrected chi connectivity index (χ1v) is 15.8. The summed E-state index contributed by atoms with van der Waals surface area (Å²) in [7, 11) is 2.93. The third-order valence-electron chi connectivity index (χ3n) is 6.42. The number of aromatic hydroxyl groups is 4. The topological polar surface area (TPSA) is 151 Å². The van der Waals surface area contributed by atoms with Crippen LogP contribution in [0.25, 0.3) is 24.3 Å². The van der Waals surface area contributed by atoms with Crippen LogP contribution in [0.3, 0.4) is 0 Å². The van der Waals surface area contributed by atoms with E-state index in [1.54, 1.807) is 49.6 Å². The minimum Gasteiger partial charge on any atom is -0.508 e. The van der Waals surface area contributed by atoms with Gasteiger partial charge in [-0.1, -0.05) is 48.6 Å². The number of benzene rings is 2. The maximum absolute atomic E-state index is 8.88. The molecule has 0 amide bonds. The fourth-order valence-corrected chi connectivity index (χ4v) is 3.94. The second-order valence-corrected chi connectivity index (χ2v) is 10.3. The number of hydrogen-bond donors (Lipinski definition) is 4. The number of phenolic OH excluding ortho intramolecular Hbond substituents is 4. The Hall–Kier alpha value is -7.20. The van der Waals surface area contributed by atoms with Gasteiger partial charge in [-0.2, -0.15) is 0 Å². The highest BCUT2D eigenvalue weighted by Crippen LogP contribution is 2.25. The number of aromatic nitrogens is 4. The van der Waals surface area contributed by atoms with Crippen molar-refractivity contribution in [2.75, 3.05) is 14.2 Å². The molecule has 10 nitrogen and oxygen atoms in total. The Balaban J connectivity index is 0.000000192. The summed E-state index contributed by atoms with van der Waals surface area (Å²) in [6, 6.07) is 23.9. The van der Waals surface area contributed by atoms with Crippen LogP contribution in [0.4, 0.5) is 0 Å². The SMILES string of the molecule is C(/C=C/c1ccncc1)=C\c1ccncc1.C(/C=C/c1ccncc1)=C\c1ccncc1.COc1cc(O)cc(O)c1.COc1cc(O)cc(O)c1. The van der Waals surface area contributed by atoms with Crippen LogP contribution in [0.1, 0.15) is 22.3 Å². The molecule has 4 N–H and O–H groups in total. The molecule has 0 bridgehead atoms. The highest BCUT2D eigenvalue weighted by molar-refractivity contribution is 5.57. The van der Waals surface area contributed by atoms with Crippen molar-refractivity contribution in [1.29, 1.82) is 0 Å². The van der Waals surface area contributed by atoms with Gasteiger partial charge in [0.15, 0.2) is 0 Å². The molecule has 0 aliphatic carbocycles. The third-order valence-corrected chi connectivity index (χ3v) is 6.42. The maximum atomic E-state index is 8.88. The van der Waals surface area contributed by atoms with E-state index in [0.29, 0.717) is 11.5 Å². The van der Waals surface area contributed by atoms with Gasteiger partial charge in [-0.25, -0.2) is 0 Å². The van der Waals surface area contributed by atoms with Crippen LogP contribution >= 0.6 is 0 Å². The zero-order valence-electron chi connectivity index (χ0n) is 28.7. The van der Waals surface area contributed by atoms with Crippen LogP contribution in [-0.4, -0.2) is 54.6 Å². The van der Waals surface area contributed by atoms with E-state index in [4.69, 9.17) is 29.9 Å². The average Bonchev–Trinajstić information content (AvgIpc) is 3.17. The van der Waals surface area contributed by atoms with E-state index >= 15 is 0 Å². The maximum Gasteiger partial charge on any atom is 0.126 e. The molecule has 4 aromatic heterocycles. The smallest absolute Gasteiger partial charge is 0.126 e. The minimum absolute atomic E-state index is 0.00292. The van der Waals surface area contributed by atoms with Gasteiger partial charge in [0, 0.05) is 86.0 Å². The number of phenols is 4. The molecule has 2 aromatic carbocycles. The second-order valence-electron chi connectivity index (χ2n) is 10.3. The molecule has 0 saturated carbocycles. The van der Waals surface area contributed by atoms with E-state index in [1.165, 1.54) is 50.6 Å². The Morgan fingerprint density at radius 2 is 0.577 bits per heavy atom. The lowest BCUT2D eigenvalue weighted by Gasteiger charge is -2.00. The Bertz CT molecular complexity index is 1710. The van der Waals surface area contributed by atoms with Gasteiger partial charge in [-0.3, -0.25) is 19.9 Å². The number of rotatable bonds is 8. The van der Waals surface area contributed by atoms with E-state index in [1.807, 2.05) is 97.1 Å². The molecule has 6 aromatic rings. The highest BCUT2D eigenvalue weighted by Gasteiger charge is 1.97. The quantitative estimate of drug-likeness (QED) is 0.114. The lowest BCUT2D eigenvalue weighted by molar-refractivity contribution is 0.397. The van der Waals surface area contributed by atoms with E-state index in [-0.39, 0.29) is 23.0 Å². The zero-order chi connectivity index (χ0) is 37.2. The van der Waals surface area contributed by atoms with Gasteiger partial charge in [0.25, 0.3) is 0 Å². The van der Waals surface area contributed by atoms with Crippen molar-refractivity contribution < 1.29 is 29.9 Å². The monoisotopic (exact) mass is 696 g/mol. The van der Waals surface area contributed by atoms with Crippen LogP contribution in [-0.2, 0) is 0 Å². The summed E-state index contributed by atoms with van der Waals surface area (Å²) < 4.78 is 9.51. The van der Waals surface area contributed by atoms with Crippen LogP contribution in [0, 0.1) is 0 Å². The van der Waals surface area contributed by atoms with E-state index in [0.717, 1.165) is 22.3 Å². The van der Waals surface area contributed by atoms with Gasteiger partial charge in [0.1, 0.15) is 34.5 Å². The summed E-state index contributed by atoms with van der Waals surface area (Å²) in [5.74, 6) is 0.873. The second kappa shape index (κ2) is 23.2. The van der Waals surface area contributed by atoms with Gasteiger partial charge in [-0.05, 0) is 70.8 Å². The molecule has 0 aliphatic heterocycles. The Kier molecular flexibility index (Phi) is 17.5. The fourth-order valence-electron chi connectivity index (χ4n) is 3.94. The van der Waals surface area contributed by atoms with Crippen molar-refractivity contribution in [1.82, 2.24) is 19.9 Å². The summed E-state index contributed by atoms with van der Waals surface area (Å²) in [5, 5.41) is 35.5. The zero-order valence-corrected chi connectivity index (χ0v) is 28.7. The van der Waals surface area contributed by atoms with Gasteiger partial charge in [0.2, 0.25) is 0 Å². The Morgan fingerprint density at radius 3 is 0.769 bits per heavy atom. The number of hydrogen-bond acceptors (Lipinski definition) is 10. The van der Waals surface area contributed by atoms with Gasteiger partial charge in [-0.15, -0.1) is 0 Å². The number of allylic oxidation sites excluding steroid dienone is 4. The van der Waals surface area contributed by atoms with Crippen molar-refractivity contribution in [2.45, 2.75) is 0 Å². The molecule has 0 aliphatic rings. The van der Waals surface area contributed by atoms with Crippen LogP contribution in [0.2, 0.25) is 0 Å². The van der Waals surface area contributed by atoms with E-state index in [2.05, 4.69) is 19.9 Å². The predicted molar refractivity (Wildman–Crippen MR) is 206 cm³/mol. The van der Waals surface area contributed by atoms with E-state index < -0.39 is 0 Å². The average molecular weight is 697 g/mol. The first-order chi connectivity index (χ1) is 25.3. The molecule has 10 heteroatoms. The summed E-state index contributed by atoms with van der Waals surface area (Å²) in [6.45, 7) is 0. The van der Waals surface area contributed by atoms with Crippen LogP contribution in [0.5, 0.6) is 34.5 Å². The van der Waals surface area contributed by atoms with Crippen molar-refractivity contribution in [3.05, 3.63) is 181 Å². The summed E-state index contributed by atoms with van der Waals surface area (Å²) in [5.41, 5.74) is 4.59. The molecule has 264 valence electrons. The predicted octanol–water partition coefficient (Wildman–Crippen LogP) is 8.62. The standard InChI is InChI=1S/2C14H12N2.2C7H8O3/c2*1(3-13-5-9-15-10-6-13)2-4-14-7-11-16-12-8-14;2*1-10-7-3-5(8)2-6(9)4-7/h2*1-12H;2*2-4,8-9H,1H3/b2*3-1+,4-2+;;. The molecule has 0 fully saturated rings. The summed E-state index contributed by atoms with van der Waals surface area (Å²) in [6.07, 6.45) is 30.5. The largest absolute Gasteiger partial charge is 0.508 e. The summed E-state index contributed by atoms with van der Waals surface area (Å²) in [4.78, 5) is 15.8. The van der Waals surface area contributed by atoms with Crippen molar-refractivity contribution in [3.8, 4) is 34.5 Å². The molecule has 0 spiro atoms. The first kappa shape index (κ1) is 39.2. The van der Waals surface area contributed by atoms with Gasteiger partial charge >= 0.3 is 0 Å². The van der Waals surface area contributed by atoms with Crippen LogP contribution < -0.4 is 9.47 Å². The minimum atomic E-state index is -0.00292. The number of methoxy groups -OCH3 is 2. The van der Waals surface area contributed by atoms with Crippen LogP contribution in [0.15, 0.2) is 159 Å². The number of pyridine rings is 4. The fraction of sp³-hybridized carbons (Fsp3) is 0.0476. The lowest BCUT2D eigenvalue weighted by Crippen LogP contribution is -1.80. The lowest BCUT2D eigenvalue weighted by atomic mass is 10.2. The van der Waals surface area contributed by atoms with Gasteiger partial charge in [0.05, 0.1) is 14.2 Å². The molecule has 6 rings (SSSR count). The Labute approximate surface area is 303 Å². The molecular weight excluding hydrogens is 656 g/mol.